The van der Waals surface area contributed by atoms with Crippen molar-refractivity contribution in [1.29, 1.82) is 0 Å². The fourth-order valence-electron chi connectivity index (χ4n) is 4.55. The van der Waals surface area contributed by atoms with Crippen LogP contribution in [0.4, 0.5) is 0 Å². The number of hydrogen-bond acceptors (Lipinski definition) is 16. The van der Waals surface area contributed by atoms with Gasteiger partial charge in [-0.2, -0.15) is 5.82 Å². The minimum Gasteiger partial charge on any atom is -0.490 e. The van der Waals surface area contributed by atoms with Crippen LogP contribution in [0.15, 0.2) is 24.3 Å². The van der Waals surface area contributed by atoms with Gasteiger partial charge in [0.1, 0.15) is 48.7 Å². The van der Waals surface area contributed by atoms with Gasteiger partial charge in [-0.1, -0.05) is 81.9 Å². The molecule has 4 N–H and O–H groups in total. The summed E-state index contributed by atoms with van der Waals surface area (Å²) in [5.41, 5.74) is 5.03. The number of benzene rings is 1. The number of nitrogens with two attached hydrogens (primary N) is 1. The molecule has 1 aliphatic rings. The van der Waals surface area contributed by atoms with Gasteiger partial charge in [0.15, 0.2) is 0 Å². The van der Waals surface area contributed by atoms with E-state index in [4.69, 9.17) is 34.2 Å². The second kappa shape index (κ2) is 28.0. The summed E-state index contributed by atoms with van der Waals surface area (Å²) in [7, 11) is 6.33. The van der Waals surface area contributed by atoms with E-state index in [0.29, 0.717) is 38.1 Å². The van der Waals surface area contributed by atoms with Gasteiger partial charge in [0.25, 0.3) is 11.0 Å². The largest absolute Gasteiger partial charge is 0.490 e. The first kappa shape index (κ1) is 48.7. The second-order valence-electron chi connectivity index (χ2n) is 12.7. The number of amides is 2. The highest BCUT2D eigenvalue weighted by Crippen LogP contribution is 2.38. The minimum atomic E-state index is -0.841. The minimum absolute atomic E-state index is 0.0137. The molecule has 1 aromatic rings. The van der Waals surface area contributed by atoms with Crippen LogP contribution in [0.2, 0.25) is 0 Å². The molecule has 6 atom stereocenters. The number of rotatable bonds is 26. The summed E-state index contributed by atoms with van der Waals surface area (Å²) >= 11 is 0. The highest BCUT2D eigenvalue weighted by Gasteiger charge is 2.38. The Morgan fingerprint density at radius 3 is 2.67 bits per heavy atom. The first-order valence-corrected chi connectivity index (χ1v) is 22.5. The van der Waals surface area contributed by atoms with Gasteiger partial charge in [0, 0.05) is 29.4 Å². The molecule has 20 heteroatoms. The first-order chi connectivity index (χ1) is 26.3. The van der Waals surface area contributed by atoms with Crippen LogP contribution in [0, 0.1) is 33.7 Å². The molecule has 0 aromatic heterocycles. The Kier molecular flexibility index (Phi) is 24.8. The van der Waals surface area contributed by atoms with Gasteiger partial charge < -0.3 is 49.6 Å². The smallest absolute Gasteiger partial charge is 0.294 e. The predicted molar refractivity (Wildman–Crippen MR) is 222 cm³/mol. The summed E-state index contributed by atoms with van der Waals surface area (Å²) in [6.45, 7) is 11.3. The normalized spacial score (nSPS) is 18.1. The van der Waals surface area contributed by atoms with E-state index in [-0.39, 0.29) is 80.3 Å². The van der Waals surface area contributed by atoms with Gasteiger partial charge in [-0.3, -0.25) is 9.59 Å². The van der Waals surface area contributed by atoms with Crippen LogP contribution in [0.1, 0.15) is 51.4 Å². The van der Waals surface area contributed by atoms with Crippen LogP contribution in [0.25, 0.3) is 0 Å². The zero-order valence-electron chi connectivity index (χ0n) is 32.2. The maximum Gasteiger partial charge on any atom is 0.294 e. The van der Waals surface area contributed by atoms with Crippen LogP contribution in [-0.4, -0.2) is 130 Å². The van der Waals surface area contributed by atoms with Crippen molar-refractivity contribution in [3.8, 4) is 29.3 Å². The molecule has 1 saturated heterocycles. The summed E-state index contributed by atoms with van der Waals surface area (Å²) < 4.78 is 35.7. The van der Waals surface area contributed by atoms with E-state index in [1.807, 2.05) is 13.2 Å². The monoisotopic (exact) mass is 844 g/mol. The lowest BCUT2D eigenvalue weighted by Gasteiger charge is -2.24. The standard InChI is InChI=1S/C35H53BN4O11S4/c1-7-10-25(2)47-21-29-28(51-33(53-52-6)24-49-40(43)44)20-30(50-29)36-13-9-15-38-31(41)22-45-17-18-46-32(54-55-35(3,4)5)23-48-27-12-8-11-26(19-27)34(42)39-16-14-37/h8,11-12,19,25,28-30,32-33,36H,14-18,20-24,37H2,1-6H3,(H,38,41)(H,39,42)/t25?,28-,29?,30-,32?,33+/m1/s1. The molecular formula is C35H53BN4O11S4. The quantitative estimate of drug-likeness (QED) is 0.0234. The highest BCUT2D eigenvalue weighted by molar-refractivity contribution is 8.77. The van der Waals surface area contributed by atoms with E-state index in [2.05, 4.69) is 59.8 Å². The topological polar surface area (TPSA) is 192 Å². The average molecular weight is 845 g/mol. The van der Waals surface area contributed by atoms with E-state index in [1.54, 1.807) is 52.8 Å². The Labute approximate surface area is 340 Å². The van der Waals surface area contributed by atoms with E-state index >= 15 is 0 Å². The lowest BCUT2D eigenvalue weighted by atomic mass is 9.71. The molecule has 0 spiro atoms. The fraction of sp³-hybridized carbons (Fsp3) is 0.657. The van der Waals surface area contributed by atoms with Crippen molar-refractivity contribution in [3.63, 3.8) is 0 Å². The Hall–Kier alpha value is -2.50. The van der Waals surface area contributed by atoms with Crippen molar-refractivity contribution >= 4 is 62.3 Å². The molecule has 0 aliphatic carbocycles. The fourth-order valence-corrected chi connectivity index (χ4v) is 8.21. The van der Waals surface area contributed by atoms with Crippen molar-refractivity contribution in [2.75, 3.05) is 65.5 Å². The lowest BCUT2D eigenvalue weighted by Crippen LogP contribution is -2.34. The summed E-state index contributed by atoms with van der Waals surface area (Å²) in [5, 5.41) is 15.4. The molecule has 2 rings (SSSR count). The highest BCUT2D eigenvalue weighted by atomic mass is 33.1. The molecular weight excluding hydrogens is 791 g/mol. The van der Waals surface area contributed by atoms with E-state index in [9.17, 15) is 19.7 Å². The summed E-state index contributed by atoms with van der Waals surface area (Å²) in [4.78, 5) is 39.9. The van der Waals surface area contributed by atoms with Gasteiger partial charge in [-0.25, -0.2) is 0 Å². The Morgan fingerprint density at radius 1 is 1.16 bits per heavy atom. The second-order valence-corrected chi connectivity index (χ2v) is 18.5. The van der Waals surface area contributed by atoms with E-state index < -0.39 is 22.7 Å². The number of carbonyl (C=O) groups excluding carboxylic acids is 2. The Morgan fingerprint density at radius 2 is 1.96 bits per heavy atom. The van der Waals surface area contributed by atoms with Crippen LogP contribution >= 0.6 is 43.2 Å². The summed E-state index contributed by atoms with van der Waals surface area (Å²) in [6, 6.07) is 6.65. The molecule has 1 aromatic carbocycles. The average Bonchev–Trinajstić information content (AvgIpc) is 3.53. The van der Waals surface area contributed by atoms with Gasteiger partial charge in [0.2, 0.25) is 13.2 Å². The molecule has 55 heavy (non-hydrogen) atoms. The number of carbonyl (C=O) groups is 2. The molecule has 0 bridgehead atoms. The molecule has 0 radical (unpaired) electrons. The van der Waals surface area contributed by atoms with Crippen molar-refractivity contribution in [2.45, 2.75) is 81.0 Å². The third-order valence-electron chi connectivity index (χ3n) is 6.89. The van der Waals surface area contributed by atoms with Crippen LogP contribution in [0.3, 0.4) is 0 Å². The molecule has 2 amide bonds. The van der Waals surface area contributed by atoms with Crippen LogP contribution in [0.5, 0.6) is 5.75 Å². The van der Waals surface area contributed by atoms with Crippen molar-refractivity contribution in [1.82, 2.24) is 10.6 Å². The third-order valence-corrected chi connectivity index (χ3v) is 12.3. The SMILES string of the molecule is CC#CC(C)OCC1O[C@@H](BC#CCNC(=O)COCCOC(COc2cccc(C(=O)NCCN)c2)SSC(C)(C)C)C[C@H]1O[C@H](CO[N+](=O)[O-])SSC. The van der Waals surface area contributed by atoms with Crippen LogP contribution in [-0.2, 0) is 33.3 Å². The molecule has 306 valence electrons. The van der Waals surface area contributed by atoms with Crippen LogP contribution < -0.4 is 21.1 Å². The first-order valence-electron chi connectivity index (χ1n) is 17.6. The molecule has 15 nitrogen and oxygen atoms in total. The summed E-state index contributed by atoms with van der Waals surface area (Å²) in [5.74, 6) is 11.7. The van der Waals surface area contributed by atoms with Gasteiger partial charge >= 0.3 is 0 Å². The lowest BCUT2D eigenvalue weighted by molar-refractivity contribution is -0.758. The molecule has 1 fully saturated rings. The molecule has 3 unspecified atom stereocenters. The maximum absolute atomic E-state index is 12.3. The Balaban J connectivity index is 1.78. The van der Waals surface area contributed by atoms with E-state index in [0.717, 1.165) is 0 Å². The number of nitrogens with zero attached hydrogens (tertiary/aromatic N) is 1. The molecule has 1 aliphatic heterocycles. The number of hydrogen-bond donors (Lipinski definition) is 3. The van der Waals surface area contributed by atoms with E-state index in [1.165, 1.54) is 21.6 Å². The third kappa shape index (κ3) is 22.7. The predicted octanol–water partition coefficient (Wildman–Crippen LogP) is 3.28. The summed E-state index contributed by atoms with van der Waals surface area (Å²) in [6.07, 6.45) is 1.24. The van der Waals surface area contributed by atoms with Crippen molar-refractivity contribution in [2.24, 2.45) is 5.73 Å². The Bertz CT molecular complexity index is 1440. The van der Waals surface area contributed by atoms with Gasteiger partial charge in [-0.05, 0) is 44.7 Å². The maximum atomic E-state index is 12.3. The zero-order chi connectivity index (χ0) is 40.5. The number of ether oxygens (including phenoxy) is 6. The van der Waals surface area contributed by atoms with Crippen molar-refractivity contribution < 1.29 is 47.9 Å². The van der Waals surface area contributed by atoms with Gasteiger partial charge in [0.05, 0.1) is 32.5 Å². The van der Waals surface area contributed by atoms with Gasteiger partial charge in [-0.15, -0.1) is 16.0 Å². The number of nitrogens with one attached hydrogen (secondary N) is 2. The molecule has 0 saturated carbocycles. The molecule has 1 heterocycles. The van der Waals surface area contributed by atoms with Crippen molar-refractivity contribution in [3.05, 3.63) is 39.9 Å². The zero-order valence-corrected chi connectivity index (χ0v) is 35.5.